The summed E-state index contributed by atoms with van der Waals surface area (Å²) in [6.07, 6.45) is 1.77. The standard InChI is InChI=1S/C13H15N3O2S/c1-9-14-12(18-15-9)10-2-5-16(6-3-10)13(17)11-4-7-19-8-11/h4,7-8,10H,2-3,5-6H2,1H3. The van der Waals surface area contributed by atoms with Gasteiger partial charge in [0.1, 0.15) is 0 Å². The molecular formula is C13H15N3O2S. The van der Waals surface area contributed by atoms with E-state index in [1.165, 1.54) is 0 Å². The average Bonchev–Trinajstić information content (AvgIpc) is 3.09. The second kappa shape index (κ2) is 5.13. The van der Waals surface area contributed by atoms with E-state index < -0.39 is 0 Å². The van der Waals surface area contributed by atoms with Gasteiger partial charge in [0.15, 0.2) is 5.82 Å². The molecule has 0 atom stereocenters. The minimum Gasteiger partial charge on any atom is -0.339 e. The summed E-state index contributed by atoms with van der Waals surface area (Å²) in [7, 11) is 0. The third-order valence-electron chi connectivity index (χ3n) is 3.44. The van der Waals surface area contributed by atoms with E-state index in [0.29, 0.717) is 11.7 Å². The molecule has 1 aliphatic heterocycles. The van der Waals surface area contributed by atoms with E-state index in [-0.39, 0.29) is 11.8 Å². The molecule has 2 aromatic rings. The number of amides is 1. The van der Waals surface area contributed by atoms with Crippen molar-refractivity contribution in [3.8, 4) is 0 Å². The number of piperidine rings is 1. The zero-order valence-electron chi connectivity index (χ0n) is 10.7. The van der Waals surface area contributed by atoms with E-state index in [1.807, 2.05) is 28.7 Å². The normalized spacial score (nSPS) is 16.8. The lowest BCUT2D eigenvalue weighted by Crippen LogP contribution is -2.37. The molecule has 100 valence electrons. The molecular weight excluding hydrogens is 262 g/mol. The highest BCUT2D eigenvalue weighted by Gasteiger charge is 2.27. The summed E-state index contributed by atoms with van der Waals surface area (Å²) in [5.41, 5.74) is 0.789. The van der Waals surface area contributed by atoms with Gasteiger partial charge in [-0.25, -0.2) is 0 Å². The molecule has 3 heterocycles. The summed E-state index contributed by atoms with van der Waals surface area (Å²) < 4.78 is 5.21. The second-order valence-electron chi connectivity index (χ2n) is 4.76. The van der Waals surface area contributed by atoms with E-state index in [1.54, 1.807) is 11.3 Å². The number of hydrogen-bond donors (Lipinski definition) is 0. The lowest BCUT2D eigenvalue weighted by Gasteiger charge is -2.30. The Morgan fingerprint density at radius 2 is 2.26 bits per heavy atom. The summed E-state index contributed by atoms with van der Waals surface area (Å²) in [6.45, 7) is 3.32. The zero-order valence-corrected chi connectivity index (χ0v) is 11.5. The van der Waals surface area contributed by atoms with E-state index in [0.717, 1.165) is 31.5 Å². The lowest BCUT2D eigenvalue weighted by molar-refractivity contribution is 0.0705. The molecule has 1 saturated heterocycles. The Balaban J connectivity index is 1.62. The Morgan fingerprint density at radius 1 is 1.47 bits per heavy atom. The topological polar surface area (TPSA) is 59.2 Å². The van der Waals surface area contributed by atoms with Gasteiger partial charge in [0.25, 0.3) is 5.91 Å². The van der Waals surface area contributed by atoms with E-state index >= 15 is 0 Å². The third-order valence-corrected chi connectivity index (χ3v) is 4.13. The van der Waals surface area contributed by atoms with Crippen LogP contribution in [0.4, 0.5) is 0 Å². The number of aryl methyl sites for hydroxylation is 1. The van der Waals surface area contributed by atoms with Crippen molar-refractivity contribution in [3.63, 3.8) is 0 Å². The fourth-order valence-corrected chi connectivity index (χ4v) is 3.01. The molecule has 0 saturated carbocycles. The van der Waals surface area contributed by atoms with Crippen molar-refractivity contribution < 1.29 is 9.32 Å². The van der Waals surface area contributed by atoms with Crippen molar-refractivity contribution in [1.82, 2.24) is 15.0 Å². The molecule has 0 unspecified atom stereocenters. The number of rotatable bonds is 2. The number of thiophene rings is 1. The second-order valence-corrected chi connectivity index (χ2v) is 5.54. The third kappa shape index (κ3) is 2.53. The van der Waals surface area contributed by atoms with Crippen LogP contribution in [0.5, 0.6) is 0 Å². The highest BCUT2D eigenvalue weighted by atomic mass is 32.1. The van der Waals surface area contributed by atoms with Gasteiger partial charge in [0, 0.05) is 24.4 Å². The highest BCUT2D eigenvalue weighted by Crippen LogP contribution is 2.27. The average molecular weight is 277 g/mol. The van der Waals surface area contributed by atoms with Gasteiger partial charge in [-0.3, -0.25) is 4.79 Å². The first kappa shape index (κ1) is 12.3. The Bertz CT molecular complexity index is 556. The maximum absolute atomic E-state index is 12.2. The maximum atomic E-state index is 12.2. The molecule has 0 radical (unpaired) electrons. The van der Waals surface area contributed by atoms with Crippen molar-refractivity contribution in [2.24, 2.45) is 0 Å². The van der Waals surface area contributed by atoms with Crippen molar-refractivity contribution in [1.29, 1.82) is 0 Å². The Morgan fingerprint density at radius 3 is 2.84 bits per heavy atom. The highest BCUT2D eigenvalue weighted by molar-refractivity contribution is 7.08. The van der Waals surface area contributed by atoms with Crippen LogP contribution in [0, 0.1) is 6.92 Å². The molecule has 19 heavy (non-hydrogen) atoms. The van der Waals surface area contributed by atoms with Crippen LogP contribution in [0.25, 0.3) is 0 Å². The van der Waals surface area contributed by atoms with Gasteiger partial charge in [-0.1, -0.05) is 5.16 Å². The molecule has 2 aromatic heterocycles. The quantitative estimate of drug-likeness (QED) is 0.846. The monoisotopic (exact) mass is 277 g/mol. The SMILES string of the molecule is Cc1noc(C2CCN(C(=O)c3ccsc3)CC2)n1. The van der Waals surface area contributed by atoms with Crippen LogP contribution >= 0.6 is 11.3 Å². The Kier molecular flexibility index (Phi) is 3.33. The summed E-state index contributed by atoms with van der Waals surface area (Å²) in [5.74, 6) is 1.79. The van der Waals surface area contributed by atoms with Crippen LogP contribution in [-0.4, -0.2) is 34.0 Å². The van der Waals surface area contributed by atoms with E-state index in [9.17, 15) is 4.79 Å². The van der Waals surface area contributed by atoms with E-state index in [2.05, 4.69) is 10.1 Å². The van der Waals surface area contributed by atoms with Crippen LogP contribution in [0.3, 0.4) is 0 Å². The first-order valence-electron chi connectivity index (χ1n) is 6.35. The first-order valence-corrected chi connectivity index (χ1v) is 7.30. The van der Waals surface area contributed by atoms with Crippen LogP contribution in [0.15, 0.2) is 21.3 Å². The fraction of sp³-hybridized carbons (Fsp3) is 0.462. The Hall–Kier alpha value is -1.69. The van der Waals surface area contributed by atoms with Gasteiger partial charge >= 0.3 is 0 Å². The largest absolute Gasteiger partial charge is 0.339 e. The molecule has 1 fully saturated rings. The number of carbonyl (C=O) groups excluding carboxylic acids is 1. The molecule has 1 amide bonds. The van der Waals surface area contributed by atoms with Crippen LogP contribution in [0.1, 0.15) is 40.8 Å². The van der Waals surface area contributed by atoms with Crippen molar-refractivity contribution in [3.05, 3.63) is 34.1 Å². The van der Waals surface area contributed by atoms with Gasteiger partial charge < -0.3 is 9.42 Å². The zero-order chi connectivity index (χ0) is 13.2. The molecule has 3 rings (SSSR count). The maximum Gasteiger partial charge on any atom is 0.254 e. The van der Waals surface area contributed by atoms with Crippen LogP contribution in [-0.2, 0) is 0 Å². The molecule has 0 bridgehead atoms. The molecule has 6 heteroatoms. The molecule has 0 N–H and O–H groups in total. The number of nitrogens with zero attached hydrogens (tertiary/aromatic N) is 3. The fourth-order valence-electron chi connectivity index (χ4n) is 2.38. The number of carbonyl (C=O) groups is 1. The molecule has 5 nitrogen and oxygen atoms in total. The van der Waals surface area contributed by atoms with Gasteiger partial charge in [-0.15, -0.1) is 0 Å². The van der Waals surface area contributed by atoms with Gasteiger partial charge in [0.05, 0.1) is 5.56 Å². The summed E-state index contributed by atoms with van der Waals surface area (Å²) in [4.78, 5) is 18.4. The number of hydrogen-bond acceptors (Lipinski definition) is 5. The van der Waals surface area contributed by atoms with Crippen molar-refractivity contribution in [2.45, 2.75) is 25.7 Å². The number of likely N-dealkylation sites (tertiary alicyclic amines) is 1. The predicted molar refractivity (Wildman–Crippen MR) is 71.2 cm³/mol. The van der Waals surface area contributed by atoms with Crippen LogP contribution < -0.4 is 0 Å². The Labute approximate surface area is 115 Å². The molecule has 0 aliphatic carbocycles. The van der Waals surface area contributed by atoms with Gasteiger partial charge in [-0.2, -0.15) is 16.3 Å². The van der Waals surface area contributed by atoms with Crippen molar-refractivity contribution in [2.75, 3.05) is 13.1 Å². The predicted octanol–water partition coefficient (Wildman–Crippen LogP) is 2.46. The molecule has 1 aliphatic rings. The lowest BCUT2D eigenvalue weighted by atomic mass is 9.96. The van der Waals surface area contributed by atoms with E-state index in [4.69, 9.17) is 4.52 Å². The first-order chi connectivity index (χ1) is 9.24. The van der Waals surface area contributed by atoms with Gasteiger partial charge in [-0.05, 0) is 31.2 Å². The summed E-state index contributed by atoms with van der Waals surface area (Å²) in [6, 6.07) is 1.88. The smallest absolute Gasteiger partial charge is 0.254 e. The van der Waals surface area contributed by atoms with Crippen LogP contribution in [0.2, 0.25) is 0 Å². The van der Waals surface area contributed by atoms with Gasteiger partial charge in [0.2, 0.25) is 5.89 Å². The minimum absolute atomic E-state index is 0.126. The summed E-state index contributed by atoms with van der Waals surface area (Å²) in [5, 5.41) is 7.65. The van der Waals surface area contributed by atoms with Crippen molar-refractivity contribution >= 4 is 17.2 Å². The molecule has 0 aromatic carbocycles. The number of aromatic nitrogens is 2. The molecule has 0 spiro atoms. The minimum atomic E-state index is 0.126. The summed E-state index contributed by atoms with van der Waals surface area (Å²) >= 11 is 1.55.